The van der Waals surface area contributed by atoms with Gasteiger partial charge in [-0.1, -0.05) is 42.5 Å². The van der Waals surface area contributed by atoms with Crippen LogP contribution in [0.5, 0.6) is 0 Å². The molecule has 0 radical (unpaired) electrons. The summed E-state index contributed by atoms with van der Waals surface area (Å²) in [6, 6.07) is 19.7. The summed E-state index contributed by atoms with van der Waals surface area (Å²) in [5.41, 5.74) is 2.06. The molecule has 0 fully saturated rings. The number of Topliss-reactive ketones (excluding diaryl/α,β-unsaturated/α-hetero) is 1. The van der Waals surface area contributed by atoms with Crippen molar-refractivity contribution >= 4 is 33.2 Å². The molecule has 8 heteroatoms. The maximum Gasteiger partial charge on any atom is 0.337 e. The minimum Gasteiger partial charge on any atom is -0.478 e. The Morgan fingerprint density at radius 3 is 2.19 bits per heavy atom. The maximum atomic E-state index is 12.7. The van der Waals surface area contributed by atoms with Crippen molar-refractivity contribution in [1.82, 2.24) is 0 Å². The molecule has 0 heterocycles. The largest absolute Gasteiger partial charge is 0.478 e. The van der Waals surface area contributed by atoms with Crippen LogP contribution in [0.3, 0.4) is 0 Å². The Hall–Kier alpha value is -3.65. The van der Waals surface area contributed by atoms with E-state index in [1.54, 1.807) is 6.07 Å². The Balaban J connectivity index is 1.89. The van der Waals surface area contributed by atoms with Gasteiger partial charge in [0.2, 0.25) is 0 Å². The summed E-state index contributed by atoms with van der Waals surface area (Å²) in [6.45, 7) is 4.41. The van der Waals surface area contributed by atoms with Crippen LogP contribution in [-0.2, 0) is 16.6 Å². The average Bonchev–Trinajstić information content (AvgIpc) is 2.78. The van der Waals surface area contributed by atoms with Crippen LogP contribution in [0.25, 0.3) is 0 Å². The topological polar surface area (TPSA) is 104 Å². The molecule has 166 valence electrons. The summed E-state index contributed by atoms with van der Waals surface area (Å²) in [6.07, 6.45) is 0. The molecule has 0 saturated heterocycles. The van der Waals surface area contributed by atoms with Crippen LogP contribution >= 0.6 is 0 Å². The number of aromatic carboxylic acids is 1. The summed E-state index contributed by atoms with van der Waals surface area (Å²) >= 11 is 0. The highest BCUT2D eigenvalue weighted by molar-refractivity contribution is 7.92. The number of ketones is 1. The van der Waals surface area contributed by atoms with Gasteiger partial charge in [0.25, 0.3) is 10.0 Å². The van der Waals surface area contributed by atoms with Gasteiger partial charge in [0.15, 0.2) is 5.78 Å². The van der Waals surface area contributed by atoms with Crippen molar-refractivity contribution in [3.8, 4) is 0 Å². The van der Waals surface area contributed by atoms with Crippen molar-refractivity contribution in [2.24, 2.45) is 0 Å². The van der Waals surface area contributed by atoms with Gasteiger partial charge in [-0.3, -0.25) is 9.52 Å². The van der Waals surface area contributed by atoms with Crippen LogP contribution in [0, 0.1) is 0 Å². The third-order valence-electron chi connectivity index (χ3n) is 4.99. The summed E-state index contributed by atoms with van der Waals surface area (Å²) in [5.74, 6) is -1.32. The van der Waals surface area contributed by atoms with Gasteiger partial charge >= 0.3 is 5.97 Å². The molecule has 3 aromatic rings. The summed E-state index contributed by atoms with van der Waals surface area (Å²) < 4.78 is 27.9. The van der Waals surface area contributed by atoms with Gasteiger partial charge in [-0.25, -0.2) is 13.2 Å². The third kappa shape index (κ3) is 5.33. The Morgan fingerprint density at radius 1 is 0.969 bits per heavy atom. The van der Waals surface area contributed by atoms with Crippen LogP contribution in [0.2, 0.25) is 0 Å². The van der Waals surface area contributed by atoms with E-state index in [9.17, 15) is 23.1 Å². The highest BCUT2D eigenvalue weighted by atomic mass is 32.2. The second kappa shape index (κ2) is 9.65. The van der Waals surface area contributed by atoms with Gasteiger partial charge in [0, 0.05) is 24.3 Å². The first-order chi connectivity index (χ1) is 15.2. The van der Waals surface area contributed by atoms with Gasteiger partial charge in [-0.2, -0.15) is 0 Å². The van der Waals surface area contributed by atoms with Crippen molar-refractivity contribution in [2.45, 2.75) is 25.3 Å². The molecule has 3 rings (SSSR count). The monoisotopic (exact) mass is 452 g/mol. The number of carbonyl (C=O) groups is 2. The van der Waals surface area contributed by atoms with Crippen LogP contribution < -0.4 is 9.62 Å². The Kier molecular flexibility index (Phi) is 6.95. The van der Waals surface area contributed by atoms with Crippen LogP contribution in [-0.4, -0.2) is 31.8 Å². The first kappa shape index (κ1) is 23.0. The number of carboxylic acid groups (broad SMARTS) is 1. The predicted molar refractivity (Wildman–Crippen MR) is 124 cm³/mol. The highest BCUT2D eigenvalue weighted by Gasteiger charge is 2.19. The maximum absolute atomic E-state index is 12.7. The molecule has 0 bridgehead atoms. The molecule has 2 N–H and O–H groups in total. The number of benzene rings is 3. The molecule has 0 aliphatic heterocycles. The van der Waals surface area contributed by atoms with Crippen molar-refractivity contribution in [3.63, 3.8) is 0 Å². The Morgan fingerprint density at radius 2 is 1.62 bits per heavy atom. The van der Waals surface area contributed by atoms with E-state index < -0.39 is 16.0 Å². The number of rotatable bonds is 9. The van der Waals surface area contributed by atoms with E-state index in [0.717, 1.165) is 5.56 Å². The van der Waals surface area contributed by atoms with Crippen molar-refractivity contribution in [2.75, 3.05) is 16.2 Å². The van der Waals surface area contributed by atoms with Gasteiger partial charge in [-0.15, -0.1) is 0 Å². The summed E-state index contributed by atoms with van der Waals surface area (Å²) in [4.78, 5) is 25.2. The molecular formula is C24H24N2O5S. The first-order valence-corrected chi connectivity index (χ1v) is 11.5. The zero-order valence-corrected chi connectivity index (χ0v) is 18.6. The van der Waals surface area contributed by atoms with Crippen LogP contribution in [0.4, 0.5) is 11.4 Å². The Bertz CT molecular complexity index is 1220. The standard InChI is InChI=1S/C24H24N2O5S/c1-3-26(16-18-7-5-4-6-8-18)23-14-11-20(15-22(23)24(28)29)25-32(30,31)21-12-9-19(10-13-21)17(2)27/h4-15,25H,3,16H2,1-2H3,(H,28,29). The molecule has 32 heavy (non-hydrogen) atoms. The molecular weight excluding hydrogens is 428 g/mol. The average molecular weight is 453 g/mol. The van der Waals surface area contributed by atoms with Gasteiger partial charge in [0.05, 0.1) is 16.1 Å². The third-order valence-corrected chi connectivity index (χ3v) is 6.39. The van der Waals surface area contributed by atoms with Crippen molar-refractivity contribution in [1.29, 1.82) is 0 Å². The molecule has 0 amide bonds. The molecule has 0 aliphatic carbocycles. The van der Waals surface area contributed by atoms with E-state index in [4.69, 9.17) is 0 Å². The number of sulfonamides is 1. The molecule has 0 aromatic heterocycles. The fourth-order valence-electron chi connectivity index (χ4n) is 3.30. The number of carboxylic acids is 1. The smallest absolute Gasteiger partial charge is 0.337 e. The van der Waals surface area contributed by atoms with Crippen molar-refractivity contribution in [3.05, 3.63) is 89.5 Å². The molecule has 7 nitrogen and oxygen atoms in total. The number of anilines is 2. The fraction of sp³-hybridized carbons (Fsp3) is 0.167. The number of hydrogen-bond acceptors (Lipinski definition) is 5. The lowest BCUT2D eigenvalue weighted by Gasteiger charge is -2.25. The highest BCUT2D eigenvalue weighted by Crippen LogP contribution is 2.27. The number of nitrogens with one attached hydrogen (secondary N) is 1. The molecule has 0 saturated carbocycles. The summed E-state index contributed by atoms with van der Waals surface area (Å²) in [5, 5.41) is 9.76. The minimum atomic E-state index is -3.95. The number of hydrogen-bond donors (Lipinski definition) is 2. The zero-order valence-electron chi connectivity index (χ0n) is 17.8. The van der Waals surface area contributed by atoms with Crippen LogP contribution in [0.1, 0.15) is 40.1 Å². The minimum absolute atomic E-state index is 0.00471. The number of carbonyl (C=O) groups excluding carboxylic acids is 1. The lowest BCUT2D eigenvalue weighted by atomic mass is 10.1. The van der Waals surface area contributed by atoms with Crippen molar-refractivity contribution < 1.29 is 23.1 Å². The molecule has 0 unspecified atom stereocenters. The first-order valence-electron chi connectivity index (χ1n) is 10.0. The molecule has 0 spiro atoms. The second-order valence-corrected chi connectivity index (χ2v) is 8.91. The van der Waals surface area contributed by atoms with E-state index in [1.165, 1.54) is 43.3 Å². The van der Waals surface area contributed by atoms with Gasteiger partial charge in [0.1, 0.15) is 0 Å². The normalized spacial score (nSPS) is 11.1. The van der Waals surface area contributed by atoms with E-state index in [2.05, 4.69) is 4.72 Å². The van der Waals surface area contributed by atoms with Crippen LogP contribution in [0.15, 0.2) is 77.7 Å². The fourth-order valence-corrected chi connectivity index (χ4v) is 4.35. The van der Waals surface area contributed by atoms with Gasteiger partial charge in [-0.05, 0) is 49.7 Å². The van der Waals surface area contributed by atoms with E-state index in [1.807, 2.05) is 42.2 Å². The molecule has 0 aliphatic rings. The molecule has 3 aromatic carbocycles. The number of nitrogens with zero attached hydrogens (tertiary/aromatic N) is 1. The van der Waals surface area contributed by atoms with E-state index in [0.29, 0.717) is 24.3 Å². The lowest BCUT2D eigenvalue weighted by Crippen LogP contribution is -2.24. The predicted octanol–water partition coefficient (Wildman–Crippen LogP) is 4.41. The quantitative estimate of drug-likeness (QED) is 0.466. The van der Waals surface area contributed by atoms with E-state index >= 15 is 0 Å². The molecule has 0 atom stereocenters. The van der Waals surface area contributed by atoms with E-state index in [-0.39, 0.29) is 21.9 Å². The Labute approximate surface area is 187 Å². The van der Waals surface area contributed by atoms with Gasteiger partial charge < -0.3 is 10.0 Å². The lowest BCUT2D eigenvalue weighted by molar-refractivity contribution is 0.0697. The zero-order chi connectivity index (χ0) is 23.3. The SMILES string of the molecule is CCN(Cc1ccccc1)c1ccc(NS(=O)(=O)c2ccc(C(C)=O)cc2)cc1C(=O)O. The summed E-state index contributed by atoms with van der Waals surface area (Å²) in [7, 11) is -3.95. The second-order valence-electron chi connectivity index (χ2n) is 7.22.